The van der Waals surface area contributed by atoms with E-state index in [4.69, 9.17) is 10.00 Å². The van der Waals surface area contributed by atoms with E-state index in [1.807, 2.05) is 6.07 Å². The molecule has 2 aromatic rings. The van der Waals surface area contributed by atoms with E-state index in [9.17, 15) is 9.59 Å². The third-order valence-electron chi connectivity index (χ3n) is 2.90. The number of para-hydroxylation sites is 1. The number of carbonyl (C=O) groups is 2. The highest BCUT2D eigenvalue weighted by molar-refractivity contribution is 5.97. The molecule has 0 aliphatic rings. The van der Waals surface area contributed by atoms with Crippen LogP contribution in [0.25, 0.3) is 0 Å². The topological polar surface area (TPSA) is 79.2 Å². The predicted molar refractivity (Wildman–Crippen MR) is 81.7 cm³/mol. The van der Waals surface area contributed by atoms with Gasteiger partial charge in [0, 0.05) is 5.69 Å². The number of nitrogens with one attached hydrogen (secondary N) is 1. The summed E-state index contributed by atoms with van der Waals surface area (Å²) in [7, 11) is 0. The number of anilines is 1. The third kappa shape index (κ3) is 3.93. The maximum atomic E-state index is 11.9. The normalized spacial score (nSPS) is 9.64. The number of ketones is 1. The van der Waals surface area contributed by atoms with Crippen molar-refractivity contribution >= 4 is 17.4 Å². The number of nitriles is 1. The highest BCUT2D eigenvalue weighted by Gasteiger charge is 2.10. The van der Waals surface area contributed by atoms with Crippen LogP contribution in [0.5, 0.6) is 5.75 Å². The second-order valence-electron chi connectivity index (χ2n) is 4.58. The summed E-state index contributed by atoms with van der Waals surface area (Å²) in [5, 5.41) is 11.4. The molecule has 0 bridgehead atoms. The molecular formula is C17H14N2O3. The van der Waals surface area contributed by atoms with Crippen LogP contribution in [0.15, 0.2) is 48.5 Å². The maximum absolute atomic E-state index is 11.9. The molecule has 5 heteroatoms. The van der Waals surface area contributed by atoms with Crippen molar-refractivity contribution in [1.82, 2.24) is 0 Å². The molecule has 0 heterocycles. The van der Waals surface area contributed by atoms with Crippen molar-refractivity contribution in [3.8, 4) is 11.8 Å². The zero-order valence-corrected chi connectivity index (χ0v) is 12.0. The van der Waals surface area contributed by atoms with Crippen molar-refractivity contribution in [2.24, 2.45) is 0 Å². The summed E-state index contributed by atoms with van der Waals surface area (Å²) in [5.74, 6) is -0.123. The molecule has 1 N–H and O–H groups in total. The van der Waals surface area contributed by atoms with Crippen LogP contribution >= 0.6 is 0 Å². The van der Waals surface area contributed by atoms with Crippen molar-refractivity contribution in [2.45, 2.75) is 6.92 Å². The van der Waals surface area contributed by atoms with Gasteiger partial charge in [-0.05, 0) is 37.3 Å². The molecule has 2 rings (SSSR count). The lowest BCUT2D eigenvalue weighted by molar-refractivity contribution is -0.118. The molecule has 0 unspecified atom stereocenters. The quantitative estimate of drug-likeness (QED) is 0.860. The highest BCUT2D eigenvalue weighted by Crippen LogP contribution is 2.18. The first-order valence-electron chi connectivity index (χ1n) is 6.63. The zero-order chi connectivity index (χ0) is 15.9. The van der Waals surface area contributed by atoms with Gasteiger partial charge in [0.25, 0.3) is 5.91 Å². The number of ether oxygens (including phenoxy) is 1. The highest BCUT2D eigenvalue weighted by atomic mass is 16.5. The molecule has 0 atom stereocenters. The van der Waals surface area contributed by atoms with E-state index in [0.29, 0.717) is 22.6 Å². The number of nitrogens with zero attached hydrogens (tertiary/aromatic N) is 1. The van der Waals surface area contributed by atoms with Gasteiger partial charge in [0.05, 0.1) is 17.2 Å². The largest absolute Gasteiger partial charge is 0.483 e. The van der Waals surface area contributed by atoms with Gasteiger partial charge in [0.15, 0.2) is 12.4 Å². The van der Waals surface area contributed by atoms with Crippen molar-refractivity contribution in [1.29, 1.82) is 5.26 Å². The van der Waals surface area contributed by atoms with Crippen LogP contribution in [0.3, 0.4) is 0 Å². The number of Topliss-reactive ketones (excluding diaryl/α,β-unsaturated/α-hetero) is 1. The molecule has 0 aromatic heterocycles. The molecule has 0 fully saturated rings. The van der Waals surface area contributed by atoms with Crippen LogP contribution in [0.4, 0.5) is 5.69 Å². The number of amides is 1. The Kier molecular flexibility index (Phi) is 4.89. The van der Waals surface area contributed by atoms with Crippen molar-refractivity contribution in [3.05, 3.63) is 59.7 Å². The Morgan fingerprint density at radius 2 is 1.95 bits per heavy atom. The number of hydrogen-bond acceptors (Lipinski definition) is 4. The second kappa shape index (κ2) is 7.04. The third-order valence-corrected chi connectivity index (χ3v) is 2.90. The van der Waals surface area contributed by atoms with Gasteiger partial charge < -0.3 is 10.1 Å². The number of benzene rings is 2. The Morgan fingerprint density at radius 1 is 1.18 bits per heavy atom. The number of hydrogen-bond donors (Lipinski definition) is 1. The summed E-state index contributed by atoms with van der Waals surface area (Å²) in [6.45, 7) is 1.22. The summed E-state index contributed by atoms with van der Waals surface area (Å²) in [6, 6.07) is 15.3. The van der Waals surface area contributed by atoms with Crippen molar-refractivity contribution in [3.63, 3.8) is 0 Å². The molecule has 0 radical (unpaired) electrons. The standard InChI is InChI=1S/C17H14N2O3/c1-12(20)15-7-2-3-8-16(15)22-11-17(21)19-14-6-4-5-13(9-14)10-18/h2-9H,11H2,1H3,(H,19,21). The minimum Gasteiger partial charge on any atom is -0.483 e. The average Bonchev–Trinajstić information content (AvgIpc) is 2.53. The number of carbonyl (C=O) groups excluding carboxylic acids is 2. The second-order valence-corrected chi connectivity index (χ2v) is 4.58. The Labute approximate surface area is 128 Å². The molecule has 5 nitrogen and oxygen atoms in total. The van der Waals surface area contributed by atoms with E-state index in [1.54, 1.807) is 48.5 Å². The summed E-state index contributed by atoms with van der Waals surface area (Å²) in [6.07, 6.45) is 0. The van der Waals surface area contributed by atoms with Gasteiger partial charge in [0.2, 0.25) is 0 Å². The Morgan fingerprint density at radius 3 is 2.68 bits per heavy atom. The molecule has 0 spiro atoms. The van der Waals surface area contributed by atoms with Crippen LogP contribution in [-0.4, -0.2) is 18.3 Å². The minimum atomic E-state index is -0.367. The Hall–Kier alpha value is -3.13. The van der Waals surface area contributed by atoms with E-state index in [1.165, 1.54) is 6.92 Å². The van der Waals surface area contributed by atoms with E-state index < -0.39 is 0 Å². The summed E-state index contributed by atoms with van der Waals surface area (Å²) < 4.78 is 5.39. The van der Waals surface area contributed by atoms with Gasteiger partial charge in [-0.1, -0.05) is 18.2 Å². The lowest BCUT2D eigenvalue weighted by atomic mass is 10.1. The summed E-state index contributed by atoms with van der Waals surface area (Å²) >= 11 is 0. The Balaban J connectivity index is 1.99. The van der Waals surface area contributed by atoms with E-state index in [-0.39, 0.29) is 18.3 Å². The smallest absolute Gasteiger partial charge is 0.262 e. The molecule has 22 heavy (non-hydrogen) atoms. The lowest BCUT2D eigenvalue weighted by Gasteiger charge is -2.10. The molecule has 0 aliphatic heterocycles. The van der Waals surface area contributed by atoms with Crippen LogP contribution in [-0.2, 0) is 4.79 Å². The zero-order valence-electron chi connectivity index (χ0n) is 12.0. The monoisotopic (exact) mass is 294 g/mol. The van der Waals surface area contributed by atoms with Crippen LogP contribution in [0.1, 0.15) is 22.8 Å². The molecule has 2 aromatic carbocycles. The molecule has 0 saturated heterocycles. The summed E-state index contributed by atoms with van der Waals surface area (Å²) in [4.78, 5) is 23.3. The fourth-order valence-corrected chi connectivity index (χ4v) is 1.89. The fourth-order valence-electron chi connectivity index (χ4n) is 1.89. The van der Waals surface area contributed by atoms with E-state index in [0.717, 1.165) is 0 Å². The Bertz CT molecular complexity index is 748. The molecule has 0 saturated carbocycles. The minimum absolute atomic E-state index is 0.127. The average molecular weight is 294 g/mol. The van der Waals surface area contributed by atoms with Gasteiger partial charge in [0.1, 0.15) is 5.75 Å². The SMILES string of the molecule is CC(=O)c1ccccc1OCC(=O)Nc1cccc(C#N)c1. The molecule has 0 aliphatic carbocycles. The van der Waals surface area contributed by atoms with Crippen LogP contribution in [0.2, 0.25) is 0 Å². The molecule has 110 valence electrons. The van der Waals surface area contributed by atoms with Crippen LogP contribution in [0, 0.1) is 11.3 Å². The van der Waals surface area contributed by atoms with Crippen LogP contribution < -0.4 is 10.1 Å². The summed E-state index contributed by atoms with van der Waals surface area (Å²) in [5.41, 5.74) is 1.41. The van der Waals surface area contributed by atoms with Gasteiger partial charge in [-0.25, -0.2) is 0 Å². The number of rotatable bonds is 5. The van der Waals surface area contributed by atoms with Gasteiger partial charge in [-0.3, -0.25) is 9.59 Å². The van der Waals surface area contributed by atoms with Crippen molar-refractivity contribution < 1.29 is 14.3 Å². The first-order chi connectivity index (χ1) is 10.6. The molecular weight excluding hydrogens is 280 g/mol. The van der Waals surface area contributed by atoms with E-state index in [2.05, 4.69) is 5.32 Å². The van der Waals surface area contributed by atoms with Gasteiger partial charge in [-0.15, -0.1) is 0 Å². The first-order valence-corrected chi connectivity index (χ1v) is 6.63. The lowest BCUT2D eigenvalue weighted by Crippen LogP contribution is -2.20. The van der Waals surface area contributed by atoms with Gasteiger partial charge >= 0.3 is 0 Å². The van der Waals surface area contributed by atoms with E-state index >= 15 is 0 Å². The fraction of sp³-hybridized carbons (Fsp3) is 0.118. The van der Waals surface area contributed by atoms with Crippen molar-refractivity contribution in [2.75, 3.05) is 11.9 Å². The molecule has 1 amide bonds. The van der Waals surface area contributed by atoms with Gasteiger partial charge in [-0.2, -0.15) is 5.26 Å². The maximum Gasteiger partial charge on any atom is 0.262 e. The first kappa shape index (κ1) is 15.3. The predicted octanol–water partition coefficient (Wildman–Crippen LogP) is 2.78.